The molecule has 156 valence electrons. The van der Waals surface area contributed by atoms with Crippen molar-refractivity contribution in [2.75, 3.05) is 33.1 Å². The fourth-order valence-corrected chi connectivity index (χ4v) is 4.20. The Morgan fingerprint density at radius 1 is 1.29 bits per heavy atom. The first kappa shape index (κ1) is 22.2. The SMILES string of the molecule is CO[C@H]1C(=O)N2C(C(=O)N(C)CC(=O)OC(C)(C)C)=C(COC(C)=O)CS[C@H]12. The van der Waals surface area contributed by atoms with Crippen LogP contribution >= 0.6 is 11.8 Å². The van der Waals surface area contributed by atoms with Gasteiger partial charge in [0.1, 0.15) is 29.8 Å². The number of carbonyl (C=O) groups is 4. The summed E-state index contributed by atoms with van der Waals surface area (Å²) in [4.78, 5) is 51.3. The topological polar surface area (TPSA) is 102 Å². The molecule has 0 radical (unpaired) electrons. The van der Waals surface area contributed by atoms with Gasteiger partial charge in [0, 0.05) is 32.4 Å². The number of esters is 2. The maximum atomic E-state index is 13.1. The summed E-state index contributed by atoms with van der Waals surface area (Å²) in [7, 11) is 2.90. The number of β-lactam (4-membered cyclic amide) rings is 1. The van der Waals surface area contributed by atoms with Gasteiger partial charge in [0.05, 0.1) is 0 Å². The Kier molecular flexibility index (Phi) is 6.76. The Hall–Kier alpha value is -2.07. The highest BCUT2D eigenvalue weighted by Crippen LogP contribution is 2.41. The molecule has 2 heterocycles. The first-order valence-electron chi connectivity index (χ1n) is 8.76. The van der Waals surface area contributed by atoms with E-state index in [-0.39, 0.29) is 30.1 Å². The summed E-state index contributed by atoms with van der Waals surface area (Å²) in [6.45, 7) is 6.11. The Morgan fingerprint density at radius 2 is 1.93 bits per heavy atom. The number of nitrogens with zero attached hydrogens (tertiary/aromatic N) is 2. The molecule has 28 heavy (non-hydrogen) atoms. The van der Waals surface area contributed by atoms with Gasteiger partial charge in [-0.2, -0.15) is 0 Å². The number of amides is 2. The molecule has 0 aromatic carbocycles. The van der Waals surface area contributed by atoms with Crippen molar-refractivity contribution >= 4 is 35.5 Å². The van der Waals surface area contributed by atoms with Gasteiger partial charge in [0.25, 0.3) is 11.8 Å². The van der Waals surface area contributed by atoms with Crippen LogP contribution in [-0.4, -0.2) is 83.7 Å². The molecule has 1 fully saturated rings. The Balaban J connectivity index is 2.24. The van der Waals surface area contributed by atoms with Crippen LogP contribution in [0.5, 0.6) is 0 Å². The van der Waals surface area contributed by atoms with Gasteiger partial charge < -0.3 is 19.1 Å². The predicted octanol–water partition coefficient (Wildman–Crippen LogP) is 0.534. The molecule has 2 atom stereocenters. The Bertz CT molecular complexity index is 713. The average molecular weight is 414 g/mol. The molecule has 0 aromatic heterocycles. The second kappa shape index (κ2) is 8.52. The Labute approximate surface area is 168 Å². The number of hydrogen-bond donors (Lipinski definition) is 0. The largest absolute Gasteiger partial charge is 0.461 e. The average Bonchev–Trinajstić information content (AvgIpc) is 2.57. The van der Waals surface area contributed by atoms with E-state index in [2.05, 4.69) is 0 Å². The van der Waals surface area contributed by atoms with Crippen molar-refractivity contribution in [1.82, 2.24) is 9.80 Å². The van der Waals surface area contributed by atoms with E-state index in [1.54, 1.807) is 20.8 Å². The van der Waals surface area contributed by atoms with Gasteiger partial charge in [-0.1, -0.05) is 0 Å². The highest BCUT2D eigenvalue weighted by molar-refractivity contribution is 8.00. The molecule has 9 nitrogen and oxygen atoms in total. The summed E-state index contributed by atoms with van der Waals surface area (Å²) in [6, 6.07) is 0. The third-order valence-corrected chi connectivity index (χ3v) is 5.35. The highest BCUT2D eigenvalue weighted by atomic mass is 32.2. The predicted molar refractivity (Wildman–Crippen MR) is 101 cm³/mol. The maximum absolute atomic E-state index is 13.1. The molecule has 2 aliphatic heterocycles. The first-order chi connectivity index (χ1) is 13.0. The van der Waals surface area contributed by atoms with Crippen molar-refractivity contribution in [1.29, 1.82) is 0 Å². The molecule has 0 spiro atoms. The lowest BCUT2D eigenvalue weighted by Crippen LogP contribution is -2.66. The van der Waals surface area contributed by atoms with Crippen LogP contribution in [0.4, 0.5) is 0 Å². The molecule has 2 amide bonds. The van der Waals surface area contributed by atoms with E-state index in [1.165, 1.54) is 42.6 Å². The van der Waals surface area contributed by atoms with Gasteiger partial charge in [-0.3, -0.25) is 24.1 Å². The minimum absolute atomic E-state index is 0.0994. The van der Waals surface area contributed by atoms with Gasteiger partial charge in [-0.25, -0.2) is 0 Å². The quantitative estimate of drug-likeness (QED) is 0.458. The number of methoxy groups -OCH3 is 1. The van der Waals surface area contributed by atoms with Crippen molar-refractivity contribution < 1.29 is 33.4 Å². The van der Waals surface area contributed by atoms with Crippen LogP contribution in [0.15, 0.2) is 11.3 Å². The fourth-order valence-electron chi connectivity index (χ4n) is 2.85. The summed E-state index contributed by atoms with van der Waals surface area (Å²) >= 11 is 1.43. The van der Waals surface area contributed by atoms with Gasteiger partial charge in [-0.15, -0.1) is 11.8 Å². The second-order valence-corrected chi connectivity index (χ2v) is 8.65. The zero-order valence-corrected chi connectivity index (χ0v) is 17.8. The summed E-state index contributed by atoms with van der Waals surface area (Å²) < 4.78 is 15.5. The van der Waals surface area contributed by atoms with Gasteiger partial charge >= 0.3 is 11.9 Å². The van der Waals surface area contributed by atoms with Gasteiger partial charge in [-0.05, 0) is 20.8 Å². The van der Waals surface area contributed by atoms with E-state index < -0.39 is 29.6 Å². The Morgan fingerprint density at radius 3 is 2.46 bits per heavy atom. The molecular weight excluding hydrogens is 388 g/mol. The molecule has 2 aliphatic rings. The van der Waals surface area contributed by atoms with Gasteiger partial charge in [0.15, 0.2) is 6.10 Å². The minimum atomic E-state index is -0.674. The standard InChI is InChI=1S/C18H26N2O7S/c1-10(21)26-8-11-9-28-17-14(25-6)16(24)20(17)13(11)15(23)19(5)7-12(22)27-18(2,3)4/h14,17H,7-9H2,1-6H3/t14-,17+/m0/s1. The lowest BCUT2D eigenvalue weighted by Gasteiger charge is -2.49. The van der Waals surface area contributed by atoms with Crippen LogP contribution in [0.3, 0.4) is 0 Å². The van der Waals surface area contributed by atoms with Crippen LogP contribution in [0.2, 0.25) is 0 Å². The number of fused-ring (bicyclic) bond motifs is 1. The smallest absolute Gasteiger partial charge is 0.326 e. The van der Waals surface area contributed by atoms with E-state index in [9.17, 15) is 19.2 Å². The number of thioether (sulfide) groups is 1. The first-order valence-corrected chi connectivity index (χ1v) is 9.81. The van der Waals surface area contributed by atoms with Crippen LogP contribution < -0.4 is 0 Å². The summed E-state index contributed by atoms with van der Waals surface area (Å²) in [5, 5.41) is -0.326. The molecule has 0 N–H and O–H groups in total. The molecule has 2 rings (SSSR count). The van der Waals surface area contributed by atoms with Crippen molar-refractivity contribution in [3.8, 4) is 0 Å². The van der Waals surface area contributed by atoms with Crippen molar-refractivity contribution in [2.24, 2.45) is 0 Å². The fraction of sp³-hybridized carbons (Fsp3) is 0.667. The highest BCUT2D eigenvalue weighted by Gasteiger charge is 2.54. The third-order valence-electron chi connectivity index (χ3n) is 4.04. The zero-order chi connectivity index (χ0) is 21.2. The summed E-state index contributed by atoms with van der Waals surface area (Å²) in [5.41, 5.74) is -0.0263. The number of hydrogen-bond acceptors (Lipinski definition) is 8. The molecule has 0 bridgehead atoms. The second-order valence-electron chi connectivity index (χ2n) is 7.55. The van der Waals surface area contributed by atoms with Crippen molar-refractivity contribution in [2.45, 2.75) is 44.8 Å². The lowest BCUT2D eigenvalue weighted by molar-refractivity contribution is -0.162. The van der Waals surface area contributed by atoms with Crippen LogP contribution in [0.1, 0.15) is 27.7 Å². The van der Waals surface area contributed by atoms with E-state index >= 15 is 0 Å². The summed E-state index contributed by atoms with van der Waals surface area (Å²) in [6.07, 6.45) is -0.626. The van der Waals surface area contributed by atoms with Crippen LogP contribution in [-0.2, 0) is 33.4 Å². The monoisotopic (exact) mass is 414 g/mol. The minimum Gasteiger partial charge on any atom is -0.461 e. The molecule has 0 saturated carbocycles. The number of rotatable bonds is 6. The molecular formula is C18H26N2O7S. The van der Waals surface area contributed by atoms with E-state index in [0.717, 1.165) is 0 Å². The third kappa shape index (κ3) is 4.85. The number of carbonyl (C=O) groups excluding carboxylic acids is 4. The molecule has 0 aliphatic carbocycles. The lowest BCUT2D eigenvalue weighted by atomic mass is 10.0. The molecule has 10 heteroatoms. The normalized spacial score (nSPS) is 21.6. The van der Waals surface area contributed by atoms with Crippen molar-refractivity contribution in [3.05, 3.63) is 11.3 Å². The molecule has 0 unspecified atom stereocenters. The molecule has 0 aromatic rings. The van der Waals surface area contributed by atoms with Crippen molar-refractivity contribution in [3.63, 3.8) is 0 Å². The maximum Gasteiger partial charge on any atom is 0.326 e. The van der Waals surface area contributed by atoms with E-state index in [0.29, 0.717) is 11.3 Å². The van der Waals surface area contributed by atoms with Crippen LogP contribution in [0.25, 0.3) is 0 Å². The molecule has 1 saturated heterocycles. The van der Waals surface area contributed by atoms with E-state index in [1.807, 2.05) is 0 Å². The number of ether oxygens (including phenoxy) is 3. The number of likely N-dealkylation sites (N-methyl/N-ethyl adjacent to an activating group) is 1. The van der Waals surface area contributed by atoms with Crippen LogP contribution in [0, 0.1) is 0 Å². The summed E-state index contributed by atoms with van der Waals surface area (Å²) in [5.74, 6) is -1.49. The zero-order valence-electron chi connectivity index (χ0n) is 16.9. The van der Waals surface area contributed by atoms with E-state index in [4.69, 9.17) is 14.2 Å². The van der Waals surface area contributed by atoms with Gasteiger partial charge in [0.2, 0.25) is 0 Å².